The highest BCUT2D eigenvalue weighted by Gasteiger charge is 2.21. The van der Waals surface area contributed by atoms with Crippen molar-refractivity contribution >= 4 is 17.3 Å². The van der Waals surface area contributed by atoms with Crippen molar-refractivity contribution in [1.82, 2.24) is 14.6 Å². The van der Waals surface area contributed by atoms with Gasteiger partial charge in [-0.25, -0.2) is 14.3 Å². The van der Waals surface area contributed by atoms with Crippen molar-refractivity contribution in [2.45, 2.75) is 33.2 Å². The molecule has 0 saturated carbocycles. The normalized spacial score (nSPS) is 12.1. The lowest BCUT2D eigenvalue weighted by Gasteiger charge is -2.16. The van der Waals surface area contributed by atoms with Gasteiger partial charge in [-0.1, -0.05) is 37.3 Å². The van der Waals surface area contributed by atoms with Crippen LogP contribution in [0.25, 0.3) is 5.52 Å². The molecule has 0 radical (unpaired) electrons. The molecule has 0 aliphatic carbocycles. The Morgan fingerprint density at radius 1 is 1.28 bits per heavy atom. The minimum absolute atomic E-state index is 0.0746. The summed E-state index contributed by atoms with van der Waals surface area (Å²) in [4.78, 5) is 16.6. The minimum atomic E-state index is -0.327. The number of nitrogens with zero attached hydrogens (tertiary/aromatic N) is 3. The van der Waals surface area contributed by atoms with Crippen LogP contribution in [-0.2, 0) is 11.2 Å². The number of hydrogen-bond acceptors (Lipinski definition) is 5. The van der Waals surface area contributed by atoms with Crippen molar-refractivity contribution in [2.75, 3.05) is 11.9 Å². The van der Waals surface area contributed by atoms with Crippen LogP contribution in [0, 0.1) is 0 Å². The van der Waals surface area contributed by atoms with Crippen LogP contribution in [0.15, 0.2) is 42.9 Å². The van der Waals surface area contributed by atoms with E-state index in [1.807, 2.05) is 25.1 Å². The molecule has 6 heteroatoms. The van der Waals surface area contributed by atoms with Gasteiger partial charge in [-0.05, 0) is 31.4 Å². The van der Waals surface area contributed by atoms with Crippen LogP contribution in [0.2, 0.25) is 0 Å². The van der Waals surface area contributed by atoms with Crippen LogP contribution in [0.1, 0.15) is 48.3 Å². The number of rotatable bonds is 6. The molecule has 0 fully saturated rings. The van der Waals surface area contributed by atoms with Crippen molar-refractivity contribution < 1.29 is 9.53 Å². The van der Waals surface area contributed by atoms with Crippen LogP contribution in [0.3, 0.4) is 0 Å². The number of aryl methyl sites for hydroxylation is 1. The molecule has 3 rings (SSSR count). The van der Waals surface area contributed by atoms with Gasteiger partial charge in [0.2, 0.25) is 0 Å². The maximum Gasteiger partial charge on any atom is 0.340 e. The molecule has 1 N–H and O–H groups in total. The molecule has 0 bridgehead atoms. The van der Waals surface area contributed by atoms with Gasteiger partial charge in [-0.15, -0.1) is 0 Å². The van der Waals surface area contributed by atoms with Crippen LogP contribution >= 0.6 is 0 Å². The highest BCUT2D eigenvalue weighted by molar-refractivity contribution is 5.95. The smallest absolute Gasteiger partial charge is 0.340 e. The fourth-order valence-electron chi connectivity index (χ4n) is 2.95. The number of carbonyl (C=O) groups excluding carboxylic acids is 1. The van der Waals surface area contributed by atoms with Gasteiger partial charge in [0.25, 0.3) is 0 Å². The molecule has 2 heterocycles. The second kappa shape index (κ2) is 7.34. The van der Waals surface area contributed by atoms with E-state index in [1.165, 1.54) is 6.33 Å². The molecule has 3 aromatic rings. The predicted molar refractivity (Wildman–Crippen MR) is 96.8 cm³/mol. The molecule has 0 saturated heterocycles. The van der Waals surface area contributed by atoms with Crippen molar-refractivity contribution in [3.05, 3.63) is 59.5 Å². The number of hydrogen-bond donors (Lipinski definition) is 1. The lowest BCUT2D eigenvalue weighted by atomic mass is 10.1. The largest absolute Gasteiger partial charge is 0.462 e. The van der Waals surface area contributed by atoms with E-state index in [2.05, 4.69) is 34.5 Å². The average molecular weight is 338 g/mol. The van der Waals surface area contributed by atoms with Gasteiger partial charge in [0.05, 0.1) is 18.2 Å². The maximum absolute atomic E-state index is 12.2. The fourth-order valence-corrected chi connectivity index (χ4v) is 2.95. The number of ether oxygens (including phenoxy) is 1. The van der Waals surface area contributed by atoms with Crippen LogP contribution in [-0.4, -0.2) is 27.2 Å². The standard InChI is InChI=1S/C19H22N4O2/c1-4-15-16(19(24)25-5-2)11-23-17(15)18(20-12-21-23)22-13(3)14-9-7-6-8-10-14/h6-13H,4-5H2,1-3H3,(H,20,21,22)/t13-/m0/s1. The van der Waals surface area contributed by atoms with Gasteiger partial charge in [0.15, 0.2) is 5.82 Å². The first-order chi connectivity index (χ1) is 12.2. The molecule has 0 unspecified atom stereocenters. The number of benzene rings is 1. The van der Waals surface area contributed by atoms with E-state index in [4.69, 9.17) is 4.74 Å². The van der Waals surface area contributed by atoms with Crippen molar-refractivity contribution in [2.24, 2.45) is 0 Å². The van der Waals surface area contributed by atoms with E-state index in [1.54, 1.807) is 17.6 Å². The first-order valence-electron chi connectivity index (χ1n) is 8.49. The minimum Gasteiger partial charge on any atom is -0.462 e. The summed E-state index contributed by atoms with van der Waals surface area (Å²) in [7, 11) is 0. The quantitative estimate of drug-likeness (QED) is 0.695. The maximum atomic E-state index is 12.2. The number of nitrogens with one attached hydrogen (secondary N) is 1. The summed E-state index contributed by atoms with van der Waals surface area (Å²) in [6.45, 7) is 6.23. The lowest BCUT2D eigenvalue weighted by molar-refractivity contribution is 0.0525. The van der Waals surface area contributed by atoms with Crippen LogP contribution in [0.5, 0.6) is 0 Å². The van der Waals surface area contributed by atoms with Gasteiger partial charge in [-0.3, -0.25) is 0 Å². The average Bonchev–Trinajstić information content (AvgIpc) is 3.02. The zero-order chi connectivity index (χ0) is 17.8. The number of aromatic nitrogens is 3. The summed E-state index contributed by atoms with van der Waals surface area (Å²) in [5, 5.41) is 7.69. The Balaban J connectivity index is 2.02. The van der Waals surface area contributed by atoms with E-state index in [-0.39, 0.29) is 12.0 Å². The van der Waals surface area contributed by atoms with Gasteiger partial charge in [-0.2, -0.15) is 5.10 Å². The summed E-state index contributed by atoms with van der Waals surface area (Å²) < 4.78 is 6.86. The number of fused-ring (bicyclic) bond motifs is 1. The SMILES string of the molecule is CCOC(=O)c1cn2ncnc(N[C@@H](C)c3ccccc3)c2c1CC. The van der Waals surface area contributed by atoms with Crippen LogP contribution < -0.4 is 5.32 Å². The van der Waals surface area contributed by atoms with Gasteiger partial charge < -0.3 is 10.1 Å². The molecule has 130 valence electrons. The molecule has 25 heavy (non-hydrogen) atoms. The zero-order valence-corrected chi connectivity index (χ0v) is 14.7. The second-order valence-corrected chi connectivity index (χ2v) is 5.77. The molecular weight excluding hydrogens is 316 g/mol. The summed E-state index contributed by atoms with van der Waals surface area (Å²) in [5.74, 6) is 0.380. The molecule has 2 aromatic heterocycles. The van der Waals surface area contributed by atoms with Gasteiger partial charge in [0, 0.05) is 6.20 Å². The van der Waals surface area contributed by atoms with Crippen molar-refractivity contribution in [1.29, 1.82) is 0 Å². The monoisotopic (exact) mass is 338 g/mol. The topological polar surface area (TPSA) is 68.5 Å². The van der Waals surface area contributed by atoms with Crippen molar-refractivity contribution in [3.63, 3.8) is 0 Å². The summed E-state index contributed by atoms with van der Waals surface area (Å²) in [5.41, 5.74) is 3.41. The molecule has 6 nitrogen and oxygen atoms in total. The Morgan fingerprint density at radius 3 is 2.72 bits per heavy atom. The molecule has 1 atom stereocenters. The second-order valence-electron chi connectivity index (χ2n) is 5.77. The third-order valence-corrected chi connectivity index (χ3v) is 4.18. The Hall–Kier alpha value is -2.89. The zero-order valence-electron chi connectivity index (χ0n) is 14.7. The number of esters is 1. The Morgan fingerprint density at radius 2 is 2.04 bits per heavy atom. The van der Waals surface area contributed by atoms with Gasteiger partial charge >= 0.3 is 5.97 Å². The van der Waals surface area contributed by atoms with E-state index >= 15 is 0 Å². The summed E-state index contributed by atoms with van der Waals surface area (Å²) in [6.07, 6.45) is 3.89. The molecule has 0 spiro atoms. The first-order valence-corrected chi connectivity index (χ1v) is 8.49. The predicted octanol–water partition coefficient (Wildman–Crippen LogP) is 3.64. The molecule has 0 aliphatic rings. The molecule has 1 aromatic carbocycles. The molecular formula is C19H22N4O2. The van der Waals surface area contributed by atoms with E-state index in [0.717, 1.165) is 16.6 Å². The summed E-state index contributed by atoms with van der Waals surface area (Å²) >= 11 is 0. The Bertz CT molecular complexity index is 874. The third kappa shape index (κ3) is 3.33. The van der Waals surface area contributed by atoms with E-state index in [0.29, 0.717) is 24.4 Å². The first kappa shape index (κ1) is 17.0. The summed E-state index contributed by atoms with van der Waals surface area (Å²) in [6, 6.07) is 10.2. The molecule has 0 amide bonds. The van der Waals surface area contributed by atoms with Crippen molar-refractivity contribution in [3.8, 4) is 0 Å². The van der Waals surface area contributed by atoms with E-state index in [9.17, 15) is 4.79 Å². The highest BCUT2D eigenvalue weighted by Crippen LogP contribution is 2.27. The van der Waals surface area contributed by atoms with E-state index < -0.39 is 0 Å². The van der Waals surface area contributed by atoms with Crippen LogP contribution in [0.4, 0.5) is 5.82 Å². The fraction of sp³-hybridized carbons (Fsp3) is 0.316. The number of carbonyl (C=O) groups is 1. The van der Waals surface area contributed by atoms with Gasteiger partial charge in [0.1, 0.15) is 11.8 Å². The highest BCUT2D eigenvalue weighted by atomic mass is 16.5. The third-order valence-electron chi connectivity index (χ3n) is 4.18. The lowest BCUT2D eigenvalue weighted by Crippen LogP contribution is -2.10. The molecule has 0 aliphatic heterocycles. The number of anilines is 1. The Kier molecular flexibility index (Phi) is 4.97. The Labute approximate surface area is 146 Å².